The molecule has 0 spiro atoms. The van der Waals surface area contributed by atoms with Crippen molar-refractivity contribution in [1.29, 1.82) is 0 Å². The molecule has 3 aromatic rings. The van der Waals surface area contributed by atoms with E-state index in [4.69, 9.17) is 4.98 Å². The molecular formula is C13H14N4. The molecule has 0 N–H and O–H groups in total. The molecule has 0 atom stereocenters. The van der Waals surface area contributed by atoms with Gasteiger partial charge in [0.25, 0.3) is 0 Å². The predicted octanol–water partition coefficient (Wildman–Crippen LogP) is 2.54. The SMILES string of the molecule is CCCc1nc2c(C)nnn2c2ccccc12. The first-order valence-electron chi connectivity index (χ1n) is 5.91. The van der Waals surface area contributed by atoms with Gasteiger partial charge in [0, 0.05) is 5.39 Å². The van der Waals surface area contributed by atoms with Gasteiger partial charge in [0.1, 0.15) is 5.69 Å². The van der Waals surface area contributed by atoms with Crippen LogP contribution in [0.25, 0.3) is 16.6 Å². The topological polar surface area (TPSA) is 43.1 Å². The van der Waals surface area contributed by atoms with Gasteiger partial charge in [-0.05, 0) is 19.4 Å². The lowest BCUT2D eigenvalue weighted by molar-refractivity contribution is 0.852. The van der Waals surface area contributed by atoms with E-state index >= 15 is 0 Å². The Morgan fingerprint density at radius 2 is 2.06 bits per heavy atom. The zero-order valence-electron chi connectivity index (χ0n) is 10.0. The molecule has 2 heterocycles. The molecule has 3 rings (SSSR count). The van der Waals surface area contributed by atoms with Gasteiger partial charge < -0.3 is 0 Å². The quantitative estimate of drug-likeness (QED) is 0.674. The van der Waals surface area contributed by atoms with Crippen LogP contribution in [-0.2, 0) is 6.42 Å². The molecule has 4 nitrogen and oxygen atoms in total. The van der Waals surface area contributed by atoms with E-state index in [0.717, 1.165) is 35.4 Å². The highest BCUT2D eigenvalue weighted by atomic mass is 15.4. The fourth-order valence-corrected chi connectivity index (χ4v) is 2.16. The summed E-state index contributed by atoms with van der Waals surface area (Å²) in [5.74, 6) is 0. The number of aromatic nitrogens is 4. The molecule has 4 heteroatoms. The highest BCUT2D eigenvalue weighted by Gasteiger charge is 2.10. The van der Waals surface area contributed by atoms with Crippen molar-refractivity contribution in [1.82, 2.24) is 19.8 Å². The van der Waals surface area contributed by atoms with E-state index < -0.39 is 0 Å². The highest BCUT2D eigenvalue weighted by Crippen LogP contribution is 2.20. The molecule has 2 aromatic heterocycles. The van der Waals surface area contributed by atoms with Gasteiger partial charge in [0.05, 0.1) is 11.2 Å². The third kappa shape index (κ3) is 1.48. The van der Waals surface area contributed by atoms with Crippen LogP contribution in [0.3, 0.4) is 0 Å². The summed E-state index contributed by atoms with van der Waals surface area (Å²) in [5, 5.41) is 9.42. The van der Waals surface area contributed by atoms with E-state index in [1.807, 2.05) is 23.6 Å². The second kappa shape index (κ2) is 3.80. The van der Waals surface area contributed by atoms with Gasteiger partial charge in [-0.25, -0.2) is 4.98 Å². The van der Waals surface area contributed by atoms with Crippen LogP contribution in [0.1, 0.15) is 24.7 Å². The summed E-state index contributed by atoms with van der Waals surface area (Å²) in [7, 11) is 0. The Bertz CT molecular complexity index is 684. The van der Waals surface area contributed by atoms with Gasteiger partial charge in [-0.2, -0.15) is 4.52 Å². The largest absolute Gasteiger partial charge is 0.231 e. The summed E-state index contributed by atoms with van der Waals surface area (Å²) < 4.78 is 1.82. The van der Waals surface area contributed by atoms with Crippen molar-refractivity contribution in [3.8, 4) is 0 Å². The van der Waals surface area contributed by atoms with Gasteiger partial charge in [0.15, 0.2) is 5.65 Å². The molecule has 1 aromatic carbocycles. The van der Waals surface area contributed by atoms with Gasteiger partial charge >= 0.3 is 0 Å². The molecule has 0 saturated heterocycles. The minimum Gasteiger partial charge on any atom is -0.231 e. The van der Waals surface area contributed by atoms with Crippen molar-refractivity contribution in [3.05, 3.63) is 35.7 Å². The number of hydrogen-bond acceptors (Lipinski definition) is 3. The fourth-order valence-electron chi connectivity index (χ4n) is 2.16. The molecule has 0 radical (unpaired) electrons. The van der Waals surface area contributed by atoms with Crippen molar-refractivity contribution >= 4 is 16.6 Å². The average Bonchev–Trinajstić information content (AvgIpc) is 2.72. The third-order valence-corrected chi connectivity index (χ3v) is 2.98. The lowest BCUT2D eigenvalue weighted by Crippen LogP contribution is -1.99. The van der Waals surface area contributed by atoms with Crippen molar-refractivity contribution < 1.29 is 0 Å². The standard InChI is InChI=1S/C13H14N4/c1-3-6-11-10-7-4-5-8-12(10)17-13(14-11)9(2)15-16-17/h4-5,7-8H,3,6H2,1-2H3. The zero-order valence-corrected chi connectivity index (χ0v) is 10.0. The number of fused-ring (bicyclic) bond motifs is 3. The molecule has 86 valence electrons. The van der Waals surface area contributed by atoms with Crippen LogP contribution in [0, 0.1) is 6.92 Å². The van der Waals surface area contributed by atoms with Crippen LogP contribution in [0.2, 0.25) is 0 Å². The third-order valence-electron chi connectivity index (χ3n) is 2.98. The number of para-hydroxylation sites is 1. The Balaban J connectivity index is 2.47. The molecule has 0 bridgehead atoms. The summed E-state index contributed by atoms with van der Waals surface area (Å²) in [5.41, 5.74) is 3.97. The smallest absolute Gasteiger partial charge is 0.179 e. The number of benzene rings is 1. The first kappa shape index (κ1) is 10.2. The zero-order chi connectivity index (χ0) is 11.8. The van der Waals surface area contributed by atoms with Crippen LogP contribution in [-0.4, -0.2) is 19.8 Å². The van der Waals surface area contributed by atoms with E-state index in [-0.39, 0.29) is 0 Å². The predicted molar refractivity (Wildman–Crippen MR) is 67.0 cm³/mol. The second-order valence-corrected chi connectivity index (χ2v) is 4.24. The number of aryl methyl sites for hydroxylation is 2. The molecule has 0 amide bonds. The highest BCUT2D eigenvalue weighted by molar-refractivity contribution is 5.83. The molecule has 0 aliphatic rings. The van der Waals surface area contributed by atoms with Crippen LogP contribution in [0.15, 0.2) is 24.3 Å². The van der Waals surface area contributed by atoms with Gasteiger partial charge in [-0.1, -0.05) is 36.8 Å². The lowest BCUT2D eigenvalue weighted by atomic mass is 10.1. The lowest BCUT2D eigenvalue weighted by Gasteiger charge is -2.06. The number of nitrogens with zero attached hydrogens (tertiary/aromatic N) is 4. The van der Waals surface area contributed by atoms with E-state index in [2.05, 4.69) is 29.4 Å². The summed E-state index contributed by atoms with van der Waals surface area (Å²) in [6.07, 6.45) is 2.08. The molecule has 17 heavy (non-hydrogen) atoms. The van der Waals surface area contributed by atoms with Crippen LogP contribution >= 0.6 is 0 Å². The summed E-state index contributed by atoms with van der Waals surface area (Å²) >= 11 is 0. The van der Waals surface area contributed by atoms with E-state index in [1.165, 1.54) is 5.39 Å². The monoisotopic (exact) mass is 226 g/mol. The van der Waals surface area contributed by atoms with Crippen LogP contribution in [0.5, 0.6) is 0 Å². The molecule has 0 unspecified atom stereocenters. The van der Waals surface area contributed by atoms with Crippen molar-refractivity contribution in [2.45, 2.75) is 26.7 Å². The maximum atomic E-state index is 4.69. The average molecular weight is 226 g/mol. The first-order chi connectivity index (χ1) is 8.31. The molecule has 0 aliphatic heterocycles. The summed E-state index contributed by atoms with van der Waals surface area (Å²) in [6.45, 7) is 4.11. The Morgan fingerprint density at radius 1 is 1.24 bits per heavy atom. The van der Waals surface area contributed by atoms with Crippen molar-refractivity contribution in [2.75, 3.05) is 0 Å². The van der Waals surface area contributed by atoms with Crippen molar-refractivity contribution in [2.24, 2.45) is 0 Å². The maximum Gasteiger partial charge on any atom is 0.179 e. The molecule has 0 saturated carbocycles. The maximum absolute atomic E-state index is 4.69. The second-order valence-electron chi connectivity index (χ2n) is 4.24. The van der Waals surface area contributed by atoms with Crippen LogP contribution < -0.4 is 0 Å². The molecule has 0 aliphatic carbocycles. The summed E-state index contributed by atoms with van der Waals surface area (Å²) in [4.78, 5) is 4.69. The Hall–Kier alpha value is -1.97. The van der Waals surface area contributed by atoms with Gasteiger partial charge in [0.2, 0.25) is 0 Å². The minimum absolute atomic E-state index is 0.868. The van der Waals surface area contributed by atoms with Crippen LogP contribution in [0.4, 0.5) is 0 Å². The molecule has 0 fully saturated rings. The number of hydrogen-bond donors (Lipinski definition) is 0. The van der Waals surface area contributed by atoms with E-state index in [9.17, 15) is 0 Å². The van der Waals surface area contributed by atoms with E-state index in [0.29, 0.717) is 0 Å². The minimum atomic E-state index is 0.868. The molecular weight excluding hydrogens is 212 g/mol. The van der Waals surface area contributed by atoms with Gasteiger partial charge in [-0.15, -0.1) is 5.10 Å². The van der Waals surface area contributed by atoms with Gasteiger partial charge in [-0.3, -0.25) is 0 Å². The number of rotatable bonds is 2. The van der Waals surface area contributed by atoms with Crippen molar-refractivity contribution in [3.63, 3.8) is 0 Å². The Kier molecular flexibility index (Phi) is 2.28. The normalized spacial score (nSPS) is 11.4. The fraction of sp³-hybridized carbons (Fsp3) is 0.308. The summed E-state index contributed by atoms with van der Waals surface area (Å²) in [6, 6.07) is 8.23. The Labute approximate surface area is 99.3 Å². The van der Waals surface area contributed by atoms with E-state index in [1.54, 1.807) is 0 Å². The first-order valence-corrected chi connectivity index (χ1v) is 5.91. The Morgan fingerprint density at radius 3 is 2.88 bits per heavy atom.